The van der Waals surface area contributed by atoms with Crippen molar-refractivity contribution in [2.45, 2.75) is 0 Å². The molecule has 0 aromatic heterocycles. The number of carbonyl (C=O) groups excluding carboxylic acids is 1. The highest BCUT2D eigenvalue weighted by Gasteiger charge is 2.09. The maximum atomic E-state index is 12.4. The summed E-state index contributed by atoms with van der Waals surface area (Å²) in [6, 6.07) is 13.7. The third kappa shape index (κ3) is 3.91. The van der Waals surface area contributed by atoms with Gasteiger partial charge in [-0.15, -0.1) is 12.8 Å². The minimum absolute atomic E-state index is 0.0769. The lowest BCUT2D eigenvalue weighted by molar-refractivity contribution is 0.103. The highest BCUT2D eigenvalue weighted by atomic mass is 16.5. The third-order valence-electron chi connectivity index (χ3n) is 2.88. The molecule has 0 saturated carbocycles. The van der Waals surface area contributed by atoms with Gasteiger partial charge in [0.1, 0.15) is 24.7 Å². The molecule has 0 saturated heterocycles. The molecule has 2 aromatic carbocycles. The molecule has 108 valence electrons. The number of ether oxygens (including phenoxy) is 2. The molecular weight excluding hydrogens is 276 g/mol. The van der Waals surface area contributed by atoms with Gasteiger partial charge in [0.15, 0.2) is 5.78 Å². The fourth-order valence-corrected chi connectivity index (χ4v) is 1.82. The van der Waals surface area contributed by atoms with Crippen LogP contribution in [0.2, 0.25) is 0 Å². The number of hydrogen-bond donors (Lipinski definition) is 0. The second-order valence-electron chi connectivity index (χ2n) is 4.36. The second kappa shape index (κ2) is 7.57. The minimum atomic E-state index is -0.0769. The molecule has 0 aliphatic rings. The Bertz CT molecular complexity index is 650. The summed E-state index contributed by atoms with van der Waals surface area (Å²) in [4.78, 5) is 12.4. The van der Waals surface area contributed by atoms with Gasteiger partial charge in [-0.05, 0) is 48.5 Å². The first-order chi connectivity index (χ1) is 10.7. The summed E-state index contributed by atoms with van der Waals surface area (Å²) in [7, 11) is 0. The van der Waals surface area contributed by atoms with Crippen molar-refractivity contribution < 1.29 is 14.3 Å². The Kier molecular flexibility index (Phi) is 5.24. The van der Waals surface area contributed by atoms with E-state index in [0.717, 1.165) is 0 Å². The summed E-state index contributed by atoms with van der Waals surface area (Å²) in [5.41, 5.74) is 1.15. The van der Waals surface area contributed by atoms with Crippen molar-refractivity contribution in [1.29, 1.82) is 0 Å². The van der Waals surface area contributed by atoms with Gasteiger partial charge in [-0.1, -0.05) is 11.8 Å². The van der Waals surface area contributed by atoms with E-state index in [9.17, 15) is 4.79 Å². The Hall–Kier alpha value is -3.17. The molecule has 2 rings (SSSR count). The molecule has 0 amide bonds. The third-order valence-corrected chi connectivity index (χ3v) is 2.88. The number of carbonyl (C=O) groups is 1. The first-order valence-electron chi connectivity index (χ1n) is 6.62. The summed E-state index contributed by atoms with van der Waals surface area (Å²) >= 11 is 0. The second-order valence-corrected chi connectivity index (χ2v) is 4.36. The van der Waals surface area contributed by atoms with Crippen LogP contribution in [0.4, 0.5) is 0 Å². The predicted octanol–water partition coefficient (Wildman–Crippen LogP) is 2.94. The van der Waals surface area contributed by atoms with E-state index in [2.05, 4.69) is 11.8 Å². The molecule has 2 aromatic rings. The van der Waals surface area contributed by atoms with Crippen molar-refractivity contribution in [3.63, 3.8) is 0 Å². The van der Waals surface area contributed by atoms with Crippen LogP contribution >= 0.6 is 0 Å². The molecule has 0 atom stereocenters. The lowest BCUT2D eigenvalue weighted by Crippen LogP contribution is -2.02. The smallest absolute Gasteiger partial charge is 0.193 e. The monoisotopic (exact) mass is 290 g/mol. The summed E-state index contributed by atoms with van der Waals surface area (Å²) in [5, 5.41) is 0. The van der Waals surface area contributed by atoms with Gasteiger partial charge in [0.25, 0.3) is 0 Å². The van der Waals surface area contributed by atoms with Crippen LogP contribution in [0.15, 0.2) is 48.5 Å². The van der Waals surface area contributed by atoms with Crippen LogP contribution in [0.3, 0.4) is 0 Å². The first kappa shape index (κ1) is 15.2. The molecule has 0 N–H and O–H groups in total. The van der Waals surface area contributed by atoms with Gasteiger partial charge in [0, 0.05) is 11.1 Å². The van der Waals surface area contributed by atoms with Gasteiger partial charge in [-0.25, -0.2) is 0 Å². The standard InChI is InChI=1S/C19H14O3/c1-3-13-21-17-9-5-15(6-10-17)19(20)16-7-11-18(12-8-16)22-14-4-2/h1-2,5-12H,13-14H2. The zero-order chi connectivity index (χ0) is 15.8. The molecule has 0 spiro atoms. The van der Waals surface area contributed by atoms with E-state index in [-0.39, 0.29) is 19.0 Å². The molecular formula is C19H14O3. The normalized spacial score (nSPS) is 9.36. The molecule has 0 heterocycles. The maximum Gasteiger partial charge on any atom is 0.193 e. The fourth-order valence-electron chi connectivity index (χ4n) is 1.82. The van der Waals surface area contributed by atoms with Gasteiger partial charge < -0.3 is 9.47 Å². The number of ketones is 1. The van der Waals surface area contributed by atoms with E-state index >= 15 is 0 Å². The van der Waals surface area contributed by atoms with Crippen LogP contribution in [0, 0.1) is 24.7 Å². The van der Waals surface area contributed by atoms with Crippen LogP contribution in [-0.2, 0) is 0 Å². The number of hydrogen-bond acceptors (Lipinski definition) is 3. The van der Waals surface area contributed by atoms with Gasteiger partial charge >= 0.3 is 0 Å². The Morgan fingerprint density at radius 2 is 1.14 bits per heavy atom. The average Bonchev–Trinajstić information content (AvgIpc) is 2.58. The molecule has 3 nitrogen and oxygen atoms in total. The van der Waals surface area contributed by atoms with Crippen LogP contribution in [0.25, 0.3) is 0 Å². The molecule has 0 fully saturated rings. The number of terminal acetylenes is 2. The Morgan fingerprint density at radius 1 is 0.773 bits per heavy atom. The summed E-state index contributed by atoms with van der Waals surface area (Å²) < 4.78 is 10.5. The summed E-state index contributed by atoms with van der Waals surface area (Å²) in [6.45, 7) is 0.402. The van der Waals surface area contributed by atoms with Crippen LogP contribution in [0.1, 0.15) is 15.9 Å². The molecule has 0 radical (unpaired) electrons. The van der Waals surface area contributed by atoms with Crippen LogP contribution in [0.5, 0.6) is 11.5 Å². The lowest BCUT2D eigenvalue weighted by atomic mass is 10.0. The maximum absolute atomic E-state index is 12.4. The summed E-state index contributed by atoms with van der Waals surface area (Å²) in [6.07, 6.45) is 10.2. The lowest BCUT2D eigenvalue weighted by Gasteiger charge is -2.06. The number of rotatable bonds is 6. The highest BCUT2D eigenvalue weighted by Crippen LogP contribution is 2.18. The van der Waals surface area contributed by atoms with E-state index < -0.39 is 0 Å². The molecule has 0 bridgehead atoms. The molecule has 3 heteroatoms. The van der Waals surface area contributed by atoms with Crippen molar-refractivity contribution in [1.82, 2.24) is 0 Å². The van der Waals surface area contributed by atoms with Gasteiger partial charge in [0.2, 0.25) is 0 Å². The largest absolute Gasteiger partial charge is 0.481 e. The molecule has 0 aliphatic heterocycles. The molecule has 0 unspecified atom stereocenters. The SMILES string of the molecule is C#CCOc1ccc(C(=O)c2ccc(OCC#C)cc2)cc1. The van der Waals surface area contributed by atoms with Gasteiger partial charge in [-0.3, -0.25) is 4.79 Å². The van der Waals surface area contributed by atoms with E-state index in [1.165, 1.54) is 0 Å². The van der Waals surface area contributed by atoms with Gasteiger partial charge in [0.05, 0.1) is 0 Å². The molecule has 22 heavy (non-hydrogen) atoms. The Morgan fingerprint density at radius 3 is 1.45 bits per heavy atom. The minimum Gasteiger partial charge on any atom is -0.481 e. The van der Waals surface area contributed by atoms with Crippen LogP contribution < -0.4 is 9.47 Å². The summed E-state index contributed by atoms with van der Waals surface area (Å²) in [5.74, 6) is 5.96. The van der Waals surface area contributed by atoms with Crippen LogP contribution in [-0.4, -0.2) is 19.0 Å². The first-order valence-corrected chi connectivity index (χ1v) is 6.62. The average molecular weight is 290 g/mol. The zero-order valence-corrected chi connectivity index (χ0v) is 11.9. The van der Waals surface area contributed by atoms with E-state index in [0.29, 0.717) is 22.6 Å². The predicted molar refractivity (Wildman–Crippen MR) is 85.0 cm³/mol. The fraction of sp³-hybridized carbons (Fsp3) is 0.105. The topological polar surface area (TPSA) is 35.5 Å². The van der Waals surface area contributed by atoms with Crippen molar-refractivity contribution in [3.8, 4) is 36.2 Å². The quantitative estimate of drug-likeness (QED) is 0.606. The highest BCUT2D eigenvalue weighted by molar-refractivity contribution is 6.09. The van der Waals surface area contributed by atoms with E-state index in [1.807, 2.05) is 0 Å². The Labute approximate surface area is 129 Å². The van der Waals surface area contributed by atoms with Crippen molar-refractivity contribution >= 4 is 5.78 Å². The van der Waals surface area contributed by atoms with Crippen molar-refractivity contribution in [3.05, 3.63) is 59.7 Å². The number of benzene rings is 2. The molecule has 0 aliphatic carbocycles. The van der Waals surface area contributed by atoms with E-state index in [1.54, 1.807) is 48.5 Å². The van der Waals surface area contributed by atoms with Gasteiger partial charge in [-0.2, -0.15) is 0 Å². The Balaban J connectivity index is 2.07. The van der Waals surface area contributed by atoms with E-state index in [4.69, 9.17) is 22.3 Å². The van der Waals surface area contributed by atoms with Crippen molar-refractivity contribution in [2.24, 2.45) is 0 Å². The van der Waals surface area contributed by atoms with Crippen molar-refractivity contribution in [2.75, 3.05) is 13.2 Å². The zero-order valence-electron chi connectivity index (χ0n) is 11.9.